The molecule has 0 saturated carbocycles. The molecule has 0 aliphatic rings. The quantitative estimate of drug-likeness (QED) is 0.458. The van der Waals surface area contributed by atoms with E-state index in [9.17, 15) is 4.79 Å². The molecule has 2 bridgehead atoms. The zero-order valence-corrected chi connectivity index (χ0v) is 16.9. The lowest BCUT2D eigenvalue weighted by molar-refractivity contribution is 0.0948. The van der Waals surface area contributed by atoms with Gasteiger partial charge in [0.2, 0.25) is 11.7 Å². The number of hydrogen-bond acceptors (Lipinski definition) is 6. The molecule has 0 aliphatic heterocycles. The second-order valence-corrected chi connectivity index (χ2v) is 7.00. The lowest BCUT2D eigenvalue weighted by Gasteiger charge is -2.19. The van der Waals surface area contributed by atoms with Gasteiger partial charge in [-0.3, -0.25) is 9.36 Å². The van der Waals surface area contributed by atoms with E-state index in [1.807, 2.05) is 41.2 Å². The molecule has 1 amide bonds. The monoisotopic (exact) mass is 408 g/mol. The molecule has 0 saturated heterocycles. The highest BCUT2D eigenvalue weighted by atomic mass is 32.2. The van der Waals surface area contributed by atoms with E-state index in [-0.39, 0.29) is 5.91 Å². The molecule has 0 unspecified atom stereocenters. The van der Waals surface area contributed by atoms with Gasteiger partial charge in [0.05, 0.1) is 17.7 Å². The summed E-state index contributed by atoms with van der Waals surface area (Å²) in [4.78, 5) is 29.9. The SMILES string of the molecule is COc1ncccc1C(=O)NCCn1c2nc(=Nc3ccccc3)c(SC)c1[nH]2. The lowest BCUT2D eigenvalue weighted by Crippen LogP contribution is -2.31. The third-order valence-corrected chi connectivity index (χ3v) is 5.20. The number of nitrogens with one attached hydrogen (secondary N) is 2. The Morgan fingerprint density at radius 3 is 2.86 bits per heavy atom. The summed E-state index contributed by atoms with van der Waals surface area (Å²) in [6.45, 7) is 1.05. The number of ether oxygens (including phenoxy) is 1. The number of para-hydroxylation sites is 1. The number of benzene rings is 1. The van der Waals surface area contributed by atoms with Crippen molar-refractivity contribution in [3.05, 3.63) is 59.7 Å². The maximum Gasteiger partial charge on any atom is 0.256 e. The summed E-state index contributed by atoms with van der Waals surface area (Å²) in [6, 6.07) is 13.2. The molecule has 0 aliphatic carbocycles. The molecule has 0 radical (unpaired) electrons. The molecular formula is C20H20N6O2S. The topological polar surface area (TPSA) is 97.2 Å². The molecular weight excluding hydrogens is 388 g/mol. The van der Waals surface area contributed by atoms with Crippen molar-refractivity contribution in [1.82, 2.24) is 24.8 Å². The van der Waals surface area contributed by atoms with Gasteiger partial charge in [-0.15, -0.1) is 11.8 Å². The Labute approximate surface area is 171 Å². The molecule has 4 aromatic heterocycles. The van der Waals surface area contributed by atoms with Crippen LogP contribution in [0, 0.1) is 0 Å². The van der Waals surface area contributed by atoms with Gasteiger partial charge in [-0.2, -0.15) is 4.98 Å². The first-order chi connectivity index (χ1) is 14.2. The summed E-state index contributed by atoms with van der Waals surface area (Å²) in [7, 11) is 1.50. The molecule has 4 heterocycles. The van der Waals surface area contributed by atoms with Crippen LogP contribution in [0.4, 0.5) is 5.69 Å². The van der Waals surface area contributed by atoms with Gasteiger partial charge >= 0.3 is 0 Å². The zero-order valence-electron chi connectivity index (χ0n) is 16.0. The number of H-pyrrole nitrogens is 1. The molecule has 2 N–H and O–H groups in total. The summed E-state index contributed by atoms with van der Waals surface area (Å²) in [5, 5.41) is 2.90. The van der Waals surface area contributed by atoms with Gasteiger partial charge in [0.15, 0.2) is 5.49 Å². The number of nitrogens with zero attached hydrogens (tertiary/aromatic N) is 4. The van der Waals surface area contributed by atoms with Crippen LogP contribution >= 0.6 is 11.8 Å². The van der Waals surface area contributed by atoms with Crippen LogP contribution in [-0.4, -0.2) is 45.3 Å². The number of fused-ring (bicyclic) bond motifs is 2. The average molecular weight is 408 g/mol. The highest BCUT2D eigenvalue weighted by Gasteiger charge is 2.17. The minimum Gasteiger partial charge on any atom is -0.480 e. The van der Waals surface area contributed by atoms with Gasteiger partial charge in [-0.1, -0.05) is 18.2 Å². The van der Waals surface area contributed by atoms with Gasteiger partial charge in [0.1, 0.15) is 11.2 Å². The van der Waals surface area contributed by atoms with Crippen LogP contribution in [0.1, 0.15) is 10.4 Å². The van der Waals surface area contributed by atoms with E-state index < -0.39 is 0 Å². The van der Waals surface area contributed by atoms with Crippen LogP contribution in [0.2, 0.25) is 0 Å². The van der Waals surface area contributed by atoms with Crippen molar-refractivity contribution in [3.63, 3.8) is 0 Å². The van der Waals surface area contributed by atoms with Crippen LogP contribution in [0.25, 0.3) is 11.4 Å². The van der Waals surface area contributed by atoms with Crippen molar-refractivity contribution >= 4 is 34.8 Å². The number of amides is 1. The van der Waals surface area contributed by atoms with Crippen LogP contribution in [0.5, 0.6) is 5.88 Å². The van der Waals surface area contributed by atoms with Crippen molar-refractivity contribution in [2.24, 2.45) is 4.99 Å². The fourth-order valence-corrected chi connectivity index (χ4v) is 3.66. The Morgan fingerprint density at radius 1 is 1.28 bits per heavy atom. The number of methoxy groups -OCH3 is 1. The summed E-state index contributed by atoms with van der Waals surface area (Å²) < 4.78 is 7.18. The molecule has 29 heavy (non-hydrogen) atoms. The number of hydrogen-bond donors (Lipinski definition) is 2. The zero-order chi connectivity index (χ0) is 20.2. The van der Waals surface area contributed by atoms with Crippen molar-refractivity contribution < 1.29 is 9.53 Å². The van der Waals surface area contributed by atoms with Gasteiger partial charge < -0.3 is 15.0 Å². The number of carbonyl (C=O) groups is 1. The Balaban J connectivity index is 1.49. The van der Waals surface area contributed by atoms with Crippen LogP contribution in [-0.2, 0) is 6.54 Å². The van der Waals surface area contributed by atoms with Crippen LogP contribution < -0.4 is 15.5 Å². The molecule has 0 atom stereocenters. The Bertz CT molecular complexity index is 1180. The number of rotatable bonds is 7. The fraction of sp³-hybridized carbons (Fsp3) is 0.200. The van der Waals surface area contributed by atoms with Gasteiger partial charge in [0, 0.05) is 19.3 Å². The largest absolute Gasteiger partial charge is 0.480 e. The van der Waals surface area contributed by atoms with Crippen molar-refractivity contribution in [2.75, 3.05) is 19.9 Å². The molecule has 1 aromatic carbocycles. The van der Waals surface area contributed by atoms with E-state index in [0.29, 0.717) is 30.0 Å². The summed E-state index contributed by atoms with van der Waals surface area (Å²) in [5.74, 6) is 0.827. The minimum absolute atomic E-state index is 0.221. The van der Waals surface area contributed by atoms with E-state index in [0.717, 1.165) is 22.0 Å². The van der Waals surface area contributed by atoms with Crippen molar-refractivity contribution in [1.29, 1.82) is 0 Å². The summed E-state index contributed by atoms with van der Waals surface area (Å²) in [5.41, 5.74) is 2.94. The van der Waals surface area contributed by atoms with E-state index in [4.69, 9.17) is 4.74 Å². The second kappa shape index (κ2) is 8.36. The van der Waals surface area contributed by atoms with Gasteiger partial charge in [0.25, 0.3) is 5.91 Å². The normalized spacial score (nSPS) is 11.9. The predicted octanol–water partition coefficient (Wildman–Crippen LogP) is 2.59. The molecule has 5 aromatic rings. The molecule has 5 rings (SSSR count). The number of pyridine rings is 1. The maximum atomic E-state index is 12.4. The van der Waals surface area contributed by atoms with Crippen LogP contribution in [0.3, 0.4) is 0 Å². The lowest BCUT2D eigenvalue weighted by atomic mass is 10.2. The van der Waals surface area contributed by atoms with Crippen molar-refractivity contribution in [2.45, 2.75) is 11.4 Å². The third kappa shape index (κ3) is 3.81. The number of aromatic nitrogens is 4. The summed E-state index contributed by atoms with van der Waals surface area (Å²) in [6.07, 6.45) is 3.59. The average Bonchev–Trinajstić information content (AvgIpc) is 2.76. The first kappa shape index (κ1) is 19.0. The van der Waals surface area contributed by atoms with Gasteiger partial charge in [-0.05, 0) is 30.5 Å². The Kier molecular flexibility index (Phi) is 5.48. The molecule has 0 fully saturated rings. The van der Waals surface area contributed by atoms with E-state index in [1.165, 1.54) is 7.11 Å². The van der Waals surface area contributed by atoms with Gasteiger partial charge in [-0.25, -0.2) is 9.98 Å². The molecule has 9 heteroatoms. The third-order valence-electron chi connectivity index (χ3n) is 4.41. The second-order valence-electron chi connectivity index (χ2n) is 6.18. The number of thioether (sulfide) groups is 1. The molecule has 8 nitrogen and oxygen atoms in total. The van der Waals surface area contributed by atoms with E-state index in [2.05, 4.69) is 25.3 Å². The fourth-order valence-electron chi connectivity index (χ4n) is 3.03. The molecule has 148 valence electrons. The van der Waals surface area contributed by atoms with Crippen LogP contribution in [0.15, 0.2) is 58.5 Å². The van der Waals surface area contributed by atoms with Crippen molar-refractivity contribution in [3.8, 4) is 5.88 Å². The minimum atomic E-state index is -0.221. The number of carbonyl (C=O) groups excluding carboxylic acids is 1. The Morgan fingerprint density at radius 2 is 2.10 bits per heavy atom. The predicted molar refractivity (Wildman–Crippen MR) is 112 cm³/mol. The Hall–Kier alpha value is -3.33. The standard InChI is InChI=1S/C20H20N6O2S/c1-28-19-14(9-6-10-22-19)18(27)21-11-12-26-17-15(29-2)16(24-20(26)25-17)23-13-7-4-3-5-8-13/h3-10H,11-12H2,1-2H3,(H,21,27)(H,23,24,25). The summed E-state index contributed by atoms with van der Waals surface area (Å²) >= 11 is 1.59. The van der Waals surface area contributed by atoms with E-state index in [1.54, 1.807) is 30.1 Å². The number of aromatic amines is 1. The first-order valence-corrected chi connectivity index (χ1v) is 10.3. The van der Waals surface area contributed by atoms with E-state index >= 15 is 0 Å². The molecule has 0 spiro atoms. The highest BCUT2D eigenvalue weighted by molar-refractivity contribution is 7.98. The first-order valence-electron chi connectivity index (χ1n) is 9.04. The maximum absolute atomic E-state index is 12.4. The highest BCUT2D eigenvalue weighted by Crippen LogP contribution is 2.22. The smallest absolute Gasteiger partial charge is 0.256 e.